The summed E-state index contributed by atoms with van der Waals surface area (Å²) in [6, 6.07) is 21.8. The summed E-state index contributed by atoms with van der Waals surface area (Å²) in [5.41, 5.74) is 0. The molecule has 1 aliphatic carbocycles. The molecule has 3 rings (SSSR count). The van der Waals surface area contributed by atoms with E-state index in [0.717, 1.165) is 6.16 Å². The summed E-state index contributed by atoms with van der Waals surface area (Å²) >= 11 is 1.62. The third kappa shape index (κ3) is 3.53. The van der Waals surface area contributed by atoms with E-state index < -0.39 is 4.90 Å². The van der Waals surface area contributed by atoms with E-state index in [1.165, 1.54) is 36.3 Å². The topological polar surface area (TPSA) is 20.2 Å². The van der Waals surface area contributed by atoms with E-state index in [0.29, 0.717) is 5.92 Å². The van der Waals surface area contributed by atoms with E-state index in [1.54, 1.807) is 18.8 Å². The number of hydrogen-bond donors (Lipinski definition) is 1. The average Bonchev–Trinajstić information content (AvgIpc) is 3.11. The standard InChI is InChI=1S/C19H23OP.W/c20-19(16-9-7-8-10-16)15-21(17-11-3-1-4-12-17)18-13-5-2-6-14-18;/h1-6,11-14,16,19-20H,7-10,15H2;/t19-;/m1./s1. The van der Waals surface area contributed by atoms with Crippen molar-refractivity contribution in [3.05, 3.63) is 60.7 Å². The number of aliphatic hydroxyl groups excluding tert-OH is 1. The van der Waals surface area contributed by atoms with Crippen molar-refractivity contribution >= 4 is 15.5 Å². The van der Waals surface area contributed by atoms with Gasteiger partial charge in [0, 0.05) is 0 Å². The fraction of sp³-hybridized carbons (Fsp3) is 0.368. The van der Waals surface area contributed by atoms with Crippen LogP contribution in [-0.4, -0.2) is 17.4 Å². The SMILES string of the molecule is O[C@H](C[P](=[W])(c1ccccc1)c1ccccc1)C1CCCC1. The summed E-state index contributed by atoms with van der Waals surface area (Å²) in [6.07, 6.45) is 5.80. The van der Waals surface area contributed by atoms with Crippen LogP contribution in [0.3, 0.4) is 0 Å². The predicted octanol–water partition coefficient (Wildman–Crippen LogP) is 3.67. The number of hydrogen-bond acceptors (Lipinski definition) is 1. The minimum absolute atomic E-state index is 0.145. The van der Waals surface area contributed by atoms with Crippen molar-refractivity contribution in [1.29, 1.82) is 0 Å². The van der Waals surface area contributed by atoms with Gasteiger partial charge in [0.2, 0.25) is 0 Å². The summed E-state index contributed by atoms with van der Waals surface area (Å²) in [7, 11) is 0. The van der Waals surface area contributed by atoms with Crippen LogP contribution in [0, 0.1) is 5.92 Å². The molecule has 0 radical (unpaired) electrons. The molecule has 1 saturated carbocycles. The van der Waals surface area contributed by atoms with Crippen molar-refractivity contribution in [2.24, 2.45) is 5.92 Å². The van der Waals surface area contributed by atoms with E-state index >= 15 is 0 Å². The van der Waals surface area contributed by atoms with Gasteiger partial charge >= 0.3 is 144 Å². The zero-order valence-corrected chi connectivity index (χ0v) is 16.6. The van der Waals surface area contributed by atoms with Crippen molar-refractivity contribution < 1.29 is 23.9 Å². The van der Waals surface area contributed by atoms with E-state index in [1.807, 2.05) is 0 Å². The molecule has 1 atom stereocenters. The Morgan fingerprint density at radius 3 is 1.82 bits per heavy atom. The van der Waals surface area contributed by atoms with Gasteiger partial charge in [0.15, 0.2) is 0 Å². The van der Waals surface area contributed by atoms with Crippen LogP contribution in [0.1, 0.15) is 25.7 Å². The van der Waals surface area contributed by atoms with Crippen molar-refractivity contribution in [3.8, 4) is 0 Å². The van der Waals surface area contributed by atoms with Crippen molar-refractivity contribution in [3.63, 3.8) is 0 Å². The summed E-state index contributed by atoms with van der Waals surface area (Å²) in [5, 5.41) is 13.7. The van der Waals surface area contributed by atoms with Gasteiger partial charge in [0.1, 0.15) is 0 Å². The second-order valence-corrected chi connectivity index (χ2v) is 15.8. The van der Waals surface area contributed by atoms with Crippen LogP contribution < -0.4 is 10.6 Å². The van der Waals surface area contributed by atoms with Gasteiger partial charge < -0.3 is 0 Å². The molecular weight excluding hydrogens is 459 g/mol. The fourth-order valence-corrected chi connectivity index (χ4v) is 10.6. The zero-order valence-electron chi connectivity index (χ0n) is 12.8. The predicted molar refractivity (Wildman–Crippen MR) is 91.9 cm³/mol. The molecule has 116 valence electrons. The Labute approximate surface area is 143 Å². The molecule has 0 spiro atoms. The molecule has 0 aliphatic heterocycles. The molecule has 2 aromatic rings. The van der Waals surface area contributed by atoms with Crippen LogP contribution in [0.25, 0.3) is 0 Å². The van der Waals surface area contributed by atoms with Crippen LogP contribution in [0.15, 0.2) is 60.7 Å². The third-order valence-corrected chi connectivity index (χ3v) is 14.0. The molecule has 0 unspecified atom stereocenters. The number of rotatable bonds is 5. The van der Waals surface area contributed by atoms with Gasteiger partial charge in [0.05, 0.1) is 0 Å². The first-order valence-corrected chi connectivity index (χ1v) is 13.9. The summed E-state index contributed by atoms with van der Waals surface area (Å²) in [6.45, 7) is 0. The molecule has 0 bridgehead atoms. The first-order chi connectivity index (χ1) is 10.7. The van der Waals surface area contributed by atoms with Gasteiger partial charge in [-0.05, 0) is 0 Å². The van der Waals surface area contributed by atoms with Gasteiger partial charge in [0.25, 0.3) is 0 Å². The van der Waals surface area contributed by atoms with Gasteiger partial charge in [-0.2, -0.15) is 0 Å². The zero-order chi connectivity index (χ0) is 15.4. The molecule has 1 aliphatic rings. The Kier molecular flexibility index (Phi) is 5.50. The quantitative estimate of drug-likeness (QED) is 0.646. The summed E-state index contributed by atoms with van der Waals surface area (Å²) < 4.78 is 0. The van der Waals surface area contributed by atoms with Gasteiger partial charge in [-0.3, -0.25) is 0 Å². The molecule has 1 N–H and O–H groups in total. The Balaban J connectivity index is 1.95. The van der Waals surface area contributed by atoms with Crippen LogP contribution in [0.5, 0.6) is 0 Å². The van der Waals surface area contributed by atoms with Crippen molar-refractivity contribution in [1.82, 2.24) is 0 Å². The van der Waals surface area contributed by atoms with Crippen molar-refractivity contribution in [2.45, 2.75) is 31.8 Å². The molecule has 1 nitrogen and oxygen atoms in total. The van der Waals surface area contributed by atoms with Gasteiger partial charge in [-0.1, -0.05) is 0 Å². The minimum atomic E-state index is -1.45. The first kappa shape index (κ1) is 16.4. The van der Waals surface area contributed by atoms with E-state index in [-0.39, 0.29) is 6.10 Å². The third-order valence-electron chi connectivity index (χ3n) is 4.73. The van der Waals surface area contributed by atoms with Gasteiger partial charge in [-0.25, -0.2) is 0 Å². The molecule has 0 saturated heterocycles. The molecule has 2 aromatic carbocycles. The van der Waals surface area contributed by atoms with Gasteiger partial charge in [-0.15, -0.1) is 0 Å². The van der Waals surface area contributed by atoms with Crippen LogP contribution in [0.2, 0.25) is 0 Å². The molecule has 0 amide bonds. The second kappa shape index (κ2) is 7.39. The number of benzene rings is 2. The van der Waals surface area contributed by atoms with E-state index in [2.05, 4.69) is 60.7 Å². The summed E-state index contributed by atoms with van der Waals surface area (Å²) in [5.74, 6) is 0.520. The Morgan fingerprint density at radius 2 is 1.36 bits per heavy atom. The first-order valence-electron chi connectivity index (χ1n) is 8.08. The maximum atomic E-state index is 10.8. The van der Waals surface area contributed by atoms with E-state index in [4.69, 9.17) is 0 Å². The van der Waals surface area contributed by atoms with E-state index in [9.17, 15) is 5.11 Å². The Bertz CT molecular complexity index is 591. The fourth-order valence-electron chi connectivity index (χ4n) is 3.45. The Morgan fingerprint density at radius 1 is 0.909 bits per heavy atom. The molecule has 3 heteroatoms. The monoisotopic (exact) mass is 482 g/mol. The molecule has 1 fully saturated rings. The van der Waals surface area contributed by atoms with Crippen LogP contribution in [-0.2, 0) is 18.8 Å². The maximum absolute atomic E-state index is 10.8. The molecule has 0 aromatic heterocycles. The number of aliphatic hydroxyl groups is 1. The van der Waals surface area contributed by atoms with Crippen LogP contribution in [0.4, 0.5) is 0 Å². The molecule has 0 heterocycles. The normalized spacial score (nSPS) is 17.5. The molecule has 22 heavy (non-hydrogen) atoms. The molecular formula is C19H23OPW. The Hall–Kier alpha value is -0.482. The van der Waals surface area contributed by atoms with Crippen molar-refractivity contribution in [2.75, 3.05) is 6.16 Å². The van der Waals surface area contributed by atoms with Crippen LogP contribution >= 0.6 is 4.90 Å². The summed E-state index contributed by atoms with van der Waals surface area (Å²) in [4.78, 5) is -1.45. The average molecular weight is 482 g/mol. The second-order valence-electron chi connectivity index (χ2n) is 6.21.